The number of piperazine rings is 1. The van der Waals surface area contributed by atoms with Crippen molar-refractivity contribution in [3.63, 3.8) is 0 Å². The van der Waals surface area contributed by atoms with Gasteiger partial charge in [-0.05, 0) is 68.6 Å². The molecule has 3 aliphatic rings. The Kier molecular flexibility index (Phi) is 10.5. The summed E-state index contributed by atoms with van der Waals surface area (Å²) in [5.74, 6) is 1.47. The molecule has 2 aromatic rings. The number of benzene rings is 2. The van der Waals surface area contributed by atoms with Crippen molar-refractivity contribution in [1.82, 2.24) is 19.6 Å². The summed E-state index contributed by atoms with van der Waals surface area (Å²) in [4.78, 5) is 24.1. The molecule has 7 heteroatoms. The van der Waals surface area contributed by atoms with Crippen LogP contribution >= 0.6 is 11.6 Å². The smallest absolute Gasteiger partial charge is 0.227 e. The fourth-order valence-corrected chi connectivity index (χ4v) is 7.78. The molecule has 0 radical (unpaired) electrons. The summed E-state index contributed by atoms with van der Waals surface area (Å²) >= 11 is 6.20. The second-order valence-electron chi connectivity index (χ2n) is 13.1. The van der Waals surface area contributed by atoms with E-state index in [-0.39, 0.29) is 17.4 Å². The van der Waals surface area contributed by atoms with E-state index in [1.54, 1.807) is 7.11 Å². The van der Waals surface area contributed by atoms with Crippen LogP contribution < -0.4 is 4.74 Å². The average molecular weight is 595 g/mol. The lowest BCUT2D eigenvalue weighted by Crippen LogP contribution is -2.62. The third-order valence-corrected chi connectivity index (χ3v) is 10.5. The molecule has 1 saturated carbocycles. The Morgan fingerprint density at radius 3 is 2.24 bits per heavy atom. The second-order valence-corrected chi connectivity index (χ2v) is 13.5. The molecule has 230 valence electrons. The zero-order valence-electron chi connectivity index (χ0n) is 26.2. The molecule has 2 saturated heterocycles. The highest BCUT2D eigenvalue weighted by Gasteiger charge is 2.44. The highest BCUT2D eigenvalue weighted by molar-refractivity contribution is 6.30. The zero-order chi connectivity index (χ0) is 29.7. The van der Waals surface area contributed by atoms with E-state index in [1.165, 1.54) is 43.2 Å². The predicted molar refractivity (Wildman–Crippen MR) is 172 cm³/mol. The van der Waals surface area contributed by atoms with E-state index in [0.29, 0.717) is 11.9 Å². The standard InChI is InChI=1S/C35H51ClN4O2/c1-5-37(23-28-9-15-31(42-4)16-10-28)26-35(17-7-6-8-18-35)40-21-19-38(20-22-40)34(41)33-25-39(27(2)3)24-32(33)29-11-13-30(36)14-12-29/h9-16,27,32-33H,5-8,17-26H2,1-4H3/t32-,33+/m1/s1. The minimum Gasteiger partial charge on any atom is -0.497 e. The Bertz CT molecular complexity index is 1140. The van der Waals surface area contributed by atoms with E-state index in [2.05, 4.69) is 76.8 Å². The summed E-state index contributed by atoms with van der Waals surface area (Å²) in [7, 11) is 1.72. The number of hydrogen-bond acceptors (Lipinski definition) is 5. The van der Waals surface area contributed by atoms with Gasteiger partial charge in [-0.1, -0.05) is 62.1 Å². The molecule has 2 aromatic carbocycles. The van der Waals surface area contributed by atoms with Crippen molar-refractivity contribution < 1.29 is 9.53 Å². The first-order valence-electron chi connectivity index (χ1n) is 16.2. The molecule has 1 amide bonds. The molecule has 0 spiro atoms. The lowest BCUT2D eigenvalue weighted by atomic mass is 9.79. The molecule has 0 unspecified atom stereocenters. The highest BCUT2D eigenvalue weighted by atomic mass is 35.5. The SMILES string of the molecule is CCN(Cc1ccc(OC)cc1)CC1(N2CCN(C(=O)[C@H]3CN(C(C)C)C[C@@H]3c3ccc(Cl)cc3)CC2)CCCCC1. The molecule has 2 aliphatic heterocycles. The molecule has 2 heterocycles. The van der Waals surface area contributed by atoms with Crippen molar-refractivity contribution in [2.24, 2.45) is 5.92 Å². The van der Waals surface area contributed by atoms with Gasteiger partial charge in [0.05, 0.1) is 13.0 Å². The molecule has 1 aliphatic carbocycles. The Hall–Kier alpha value is -2.12. The molecule has 0 N–H and O–H groups in total. The summed E-state index contributed by atoms with van der Waals surface area (Å²) < 4.78 is 5.37. The van der Waals surface area contributed by atoms with Crippen LogP contribution in [0.25, 0.3) is 0 Å². The number of amides is 1. The summed E-state index contributed by atoms with van der Waals surface area (Å²) in [5.41, 5.74) is 2.77. The van der Waals surface area contributed by atoms with Gasteiger partial charge in [0.1, 0.15) is 5.75 Å². The van der Waals surface area contributed by atoms with Crippen LogP contribution in [-0.2, 0) is 11.3 Å². The molecule has 6 nitrogen and oxygen atoms in total. The number of ether oxygens (including phenoxy) is 1. The first-order chi connectivity index (χ1) is 20.3. The van der Waals surface area contributed by atoms with E-state index in [4.69, 9.17) is 16.3 Å². The maximum Gasteiger partial charge on any atom is 0.227 e. The van der Waals surface area contributed by atoms with Gasteiger partial charge >= 0.3 is 0 Å². The van der Waals surface area contributed by atoms with Crippen LogP contribution in [0.5, 0.6) is 5.75 Å². The average Bonchev–Trinajstić information content (AvgIpc) is 3.48. The van der Waals surface area contributed by atoms with Crippen LogP contribution in [0.4, 0.5) is 0 Å². The maximum absolute atomic E-state index is 14.1. The number of carbonyl (C=O) groups excluding carboxylic acids is 1. The van der Waals surface area contributed by atoms with Gasteiger partial charge in [0.2, 0.25) is 5.91 Å². The Balaban J connectivity index is 1.25. The topological polar surface area (TPSA) is 39.3 Å². The van der Waals surface area contributed by atoms with Crippen LogP contribution in [0.2, 0.25) is 5.02 Å². The number of hydrogen-bond donors (Lipinski definition) is 0. The Morgan fingerprint density at radius 1 is 0.976 bits per heavy atom. The summed E-state index contributed by atoms with van der Waals surface area (Å²) in [6, 6.07) is 17.1. The summed E-state index contributed by atoms with van der Waals surface area (Å²) in [6.45, 7) is 15.2. The van der Waals surface area contributed by atoms with Crippen molar-refractivity contribution in [3.8, 4) is 5.75 Å². The van der Waals surface area contributed by atoms with Crippen molar-refractivity contribution in [3.05, 3.63) is 64.7 Å². The number of likely N-dealkylation sites (tertiary alicyclic amines) is 1. The first kappa shape index (κ1) is 31.3. The molecule has 3 fully saturated rings. The van der Waals surface area contributed by atoms with Gasteiger partial charge in [-0.15, -0.1) is 0 Å². The molecular weight excluding hydrogens is 544 g/mol. The number of halogens is 1. The second kappa shape index (κ2) is 14.1. The quantitative estimate of drug-likeness (QED) is 0.330. The largest absolute Gasteiger partial charge is 0.497 e. The van der Waals surface area contributed by atoms with Crippen molar-refractivity contribution in [2.45, 2.75) is 76.9 Å². The first-order valence-corrected chi connectivity index (χ1v) is 16.6. The molecular formula is C35H51ClN4O2. The summed E-state index contributed by atoms with van der Waals surface area (Å²) in [5, 5.41) is 0.749. The Morgan fingerprint density at radius 2 is 1.64 bits per heavy atom. The molecule has 2 atom stereocenters. The zero-order valence-corrected chi connectivity index (χ0v) is 27.0. The van der Waals surface area contributed by atoms with Crippen LogP contribution in [0.15, 0.2) is 48.5 Å². The summed E-state index contributed by atoms with van der Waals surface area (Å²) in [6.07, 6.45) is 6.45. The number of nitrogens with zero attached hydrogens (tertiary/aromatic N) is 4. The third kappa shape index (κ3) is 7.15. The number of methoxy groups -OCH3 is 1. The van der Waals surface area contributed by atoms with E-state index < -0.39 is 0 Å². The monoisotopic (exact) mass is 594 g/mol. The van der Waals surface area contributed by atoms with Gasteiger partial charge in [-0.3, -0.25) is 19.5 Å². The minimum absolute atomic E-state index is 0.00356. The van der Waals surface area contributed by atoms with Gasteiger partial charge in [0.15, 0.2) is 0 Å². The predicted octanol–water partition coefficient (Wildman–Crippen LogP) is 6.14. The van der Waals surface area contributed by atoms with Gasteiger partial charge in [-0.25, -0.2) is 0 Å². The lowest BCUT2D eigenvalue weighted by molar-refractivity contribution is -0.139. The fraction of sp³-hybridized carbons (Fsp3) is 0.629. The van der Waals surface area contributed by atoms with E-state index >= 15 is 0 Å². The minimum atomic E-state index is 0.00356. The van der Waals surface area contributed by atoms with Gasteiger partial charge in [0, 0.05) is 74.9 Å². The van der Waals surface area contributed by atoms with Gasteiger partial charge in [0.25, 0.3) is 0 Å². The van der Waals surface area contributed by atoms with Crippen LogP contribution in [0.3, 0.4) is 0 Å². The normalized spacial score (nSPS) is 23.5. The van der Waals surface area contributed by atoms with E-state index in [1.807, 2.05) is 12.1 Å². The third-order valence-electron chi connectivity index (χ3n) is 10.3. The van der Waals surface area contributed by atoms with Crippen molar-refractivity contribution in [2.75, 3.05) is 59.5 Å². The number of likely N-dealkylation sites (N-methyl/N-ethyl adjacent to an activating group) is 1. The fourth-order valence-electron chi connectivity index (χ4n) is 7.66. The molecule has 0 aromatic heterocycles. The Labute approximate surface area is 258 Å². The van der Waals surface area contributed by atoms with Gasteiger partial charge < -0.3 is 9.64 Å². The van der Waals surface area contributed by atoms with Crippen molar-refractivity contribution >= 4 is 17.5 Å². The molecule has 5 rings (SSSR count). The van der Waals surface area contributed by atoms with Crippen LogP contribution in [0, 0.1) is 5.92 Å². The van der Waals surface area contributed by atoms with E-state index in [9.17, 15) is 4.79 Å². The molecule has 42 heavy (non-hydrogen) atoms. The number of rotatable bonds is 10. The molecule has 0 bridgehead atoms. The number of carbonyl (C=O) groups is 1. The van der Waals surface area contributed by atoms with E-state index in [0.717, 1.165) is 69.7 Å². The van der Waals surface area contributed by atoms with Crippen LogP contribution in [-0.4, -0.2) is 96.6 Å². The van der Waals surface area contributed by atoms with Crippen LogP contribution in [0.1, 0.15) is 69.9 Å². The highest BCUT2D eigenvalue weighted by Crippen LogP contribution is 2.38. The van der Waals surface area contributed by atoms with Crippen molar-refractivity contribution in [1.29, 1.82) is 0 Å². The maximum atomic E-state index is 14.1. The lowest BCUT2D eigenvalue weighted by Gasteiger charge is -2.52. The van der Waals surface area contributed by atoms with Gasteiger partial charge in [-0.2, -0.15) is 0 Å².